The van der Waals surface area contributed by atoms with Crippen LogP contribution in [0, 0.1) is 0 Å². The standard InChI is InChI=1S/C26H25N3O3/c30-24(16-9-17-29-25(31)22-14-7-8-15-23(22)26(29)32)27-28(18-20-10-3-1-4-11-20)19-21-12-5-2-6-13-21/h1-8,10-15H,9,16-19H2,(H,27,30). The summed E-state index contributed by atoms with van der Waals surface area (Å²) in [6.07, 6.45) is 0.620. The van der Waals surface area contributed by atoms with E-state index < -0.39 is 0 Å². The molecule has 1 aliphatic heterocycles. The van der Waals surface area contributed by atoms with Gasteiger partial charge in [-0.1, -0.05) is 72.8 Å². The van der Waals surface area contributed by atoms with Crippen LogP contribution in [0.5, 0.6) is 0 Å². The Kier molecular flexibility index (Phi) is 6.72. The van der Waals surface area contributed by atoms with Crippen LogP contribution in [0.2, 0.25) is 0 Å². The molecule has 0 atom stereocenters. The summed E-state index contributed by atoms with van der Waals surface area (Å²) in [6.45, 7) is 1.36. The van der Waals surface area contributed by atoms with Crippen LogP contribution in [0.1, 0.15) is 44.7 Å². The number of imide groups is 1. The molecule has 6 nitrogen and oxygen atoms in total. The van der Waals surface area contributed by atoms with Gasteiger partial charge in [0.25, 0.3) is 11.8 Å². The van der Waals surface area contributed by atoms with Crippen molar-refractivity contribution in [1.29, 1.82) is 0 Å². The van der Waals surface area contributed by atoms with E-state index in [0.717, 1.165) is 11.1 Å². The number of nitrogens with zero attached hydrogens (tertiary/aromatic N) is 2. The van der Waals surface area contributed by atoms with Gasteiger partial charge in [0.2, 0.25) is 5.91 Å². The maximum Gasteiger partial charge on any atom is 0.261 e. The van der Waals surface area contributed by atoms with E-state index in [4.69, 9.17) is 0 Å². The molecule has 0 bridgehead atoms. The number of hydrogen-bond donors (Lipinski definition) is 1. The van der Waals surface area contributed by atoms with Gasteiger partial charge in [-0.2, -0.15) is 0 Å². The summed E-state index contributed by atoms with van der Waals surface area (Å²) in [4.78, 5) is 38.8. The van der Waals surface area contributed by atoms with Crippen molar-refractivity contribution in [2.24, 2.45) is 0 Å². The first kappa shape index (κ1) is 21.5. The Morgan fingerprint density at radius 3 is 1.69 bits per heavy atom. The molecule has 0 saturated heterocycles. The first-order valence-electron chi connectivity index (χ1n) is 10.7. The van der Waals surface area contributed by atoms with E-state index >= 15 is 0 Å². The number of carbonyl (C=O) groups excluding carboxylic acids is 3. The highest BCUT2D eigenvalue weighted by Crippen LogP contribution is 2.22. The minimum Gasteiger partial charge on any atom is -0.288 e. The van der Waals surface area contributed by atoms with Crippen molar-refractivity contribution in [1.82, 2.24) is 15.3 Å². The zero-order chi connectivity index (χ0) is 22.3. The third kappa shape index (κ3) is 5.10. The maximum absolute atomic E-state index is 12.6. The molecule has 0 saturated carbocycles. The Labute approximate surface area is 187 Å². The van der Waals surface area contributed by atoms with Crippen LogP contribution in [-0.4, -0.2) is 34.2 Å². The molecular weight excluding hydrogens is 402 g/mol. The molecule has 0 aliphatic carbocycles. The van der Waals surface area contributed by atoms with E-state index in [1.54, 1.807) is 24.3 Å². The summed E-state index contributed by atoms with van der Waals surface area (Å²) >= 11 is 0. The predicted molar refractivity (Wildman–Crippen MR) is 121 cm³/mol. The van der Waals surface area contributed by atoms with Crippen LogP contribution in [-0.2, 0) is 17.9 Å². The molecule has 1 aliphatic rings. The lowest BCUT2D eigenvalue weighted by molar-refractivity contribution is -0.126. The molecular formula is C26H25N3O3. The number of nitrogens with one attached hydrogen (secondary N) is 1. The Morgan fingerprint density at radius 2 is 1.19 bits per heavy atom. The fraction of sp³-hybridized carbons (Fsp3) is 0.192. The normalized spacial score (nSPS) is 12.8. The second-order valence-electron chi connectivity index (χ2n) is 7.77. The first-order chi connectivity index (χ1) is 15.6. The average Bonchev–Trinajstić information content (AvgIpc) is 3.05. The molecule has 0 fully saturated rings. The molecule has 6 heteroatoms. The number of hydrogen-bond acceptors (Lipinski definition) is 4. The van der Waals surface area contributed by atoms with E-state index in [2.05, 4.69) is 5.43 Å². The van der Waals surface area contributed by atoms with Crippen LogP contribution in [0.25, 0.3) is 0 Å². The molecule has 162 valence electrons. The second kappa shape index (κ2) is 10.0. The van der Waals surface area contributed by atoms with Crippen molar-refractivity contribution in [3.8, 4) is 0 Å². The van der Waals surface area contributed by atoms with Crippen molar-refractivity contribution in [3.63, 3.8) is 0 Å². The van der Waals surface area contributed by atoms with Crippen LogP contribution in [0.3, 0.4) is 0 Å². The summed E-state index contributed by atoms with van der Waals surface area (Å²) in [5, 5.41) is 1.88. The van der Waals surface area contributed by atoms with Crippen molar-refractivity contribution in [3.05, 3.63) is 107 Å². The Balaban J connectivity index is 1.33. The Hall–Kier alpha value is -3.77. The van der Waals surface area contributed by atoms with Crippen molar-refractivity contribution in [2.75, 3.05) is 6.54 Å². The van der Waals surface area contributed by atoms with Crippen molar-refractivity contribution >= 4 is 17.7 Å². The predicted octanol–water partition coefficient (Wildman–Crippen LogP) is 3.80. The fourth-order valence-corrected chi connectivity index (χ4v) is 3.81. The lowest BCUT2D eigenvalue weighted by atomic mass is 10.1. The summed E-state index contributed by atoms with van der Waals surface area (Å²) in [6, 6.07) is 26.7. The molecule has 1 N–H and O–H groups in total. The highest BCUT2D eigenvalue weighted by Gasteiger charge is 2.34. The van der Waals surface area contributed by atoms with Crippen LogP contribution in [0.4, 0.5) is 0 Å². The number of rotatable bonds is 9. The number of amides is 3. The molecule has 32 heavy (non-hydrogen) atoms. The molecule has 0 spiro atoms. The number of benzene rings is 3. The van der Waals surface area contributed by atoms with Gasteiger partial charge in [0, 0.05) is 26.1 Å². The van der Waals surface area contributed by atoms with Gasteiger partial charge in [0.1, 0.15) is 0 Å². The van der Waals surface area contributed by atoms with Crippen molar-refractivity contribution in [2.45, 2.75) is 25.9 Å². The van der Waals surface area contributed by atoms with E-state index in [0.29, 0.717) is 30.6 Å². The topological polar surface area (TPSA) is 69.7 Å². The highest BCUT2D eigenvalue weighted by atomic mass is 16.2. The largest absolute Gasteiger partial charge is 0.288 e. The molecule has 3 amide bonds. The number of hydrazine groups is 1. The minimum atomic E-state index is -0.291. The van der Waals surface area contributed by atoms with Crippen molar-refractivity contribution < 1.29 is 14.4 Å². The molecule has 0 unspecified atom stereocenters. The molecule has 3 aromatic carbocycles. The van der Waals surface area contributed by atoms with Crippen LogP contribution >= 0.6 is 0 Å². The van der Waals surface area contributed by atoms with Crippen LogP contribution in [0.15, 0.2) is 84.9 Å². The zero-order valence-electron chi connectivity index (χ0n) is 17.7. The molecule has 4 rings (SSSR count). The average molecular weight is 428 g/mol. The van der Waals surface area contributed by atoms with Gasteiger partial charge in [0.05, 0.1) is 11.1 Å². The van der Waals surface area contributed by atoms with Gasteiger partial charge in [-0.15, -0.1) is 0 Å². The third-order valence-electron chi connectivity index (χ3n) is 5.38. The van der Waals surface area contributed by atoms with Crippen LogP contribution < -0.4 is 5.43 Å². The molecule has 3 aromatic rings. The highest BCUT2D eigenvalue weighted by molar-refractivity contribution is 6.21. The Morgan fingerprint density at radius 1 is 0.719 bits per heavy atom. The fourth-order valence-electron chi connectivity index (χ4n) is 3.81. The lowest BCUT2D eigenvalue weighted by Gasteiger charge is -2.24. The van der Waals surface area contributed by atoms with E-state index in [-0.39, 0.29) is 30.7 Å². The van der Waals surface area contributed by atoms with Gasteiger partial charge in [-0.25, -0.2) is 5.01 Å². The smallest absolute Gasteiger partial charge is 0.261 e. The molecule has 1 heterocycles. The zero-order valence-corrected chi connectivity index (χ0v) is 17.7. The summed E-state index contributed by atoms with van der Waals surface area (Å²) in [5.74, 6) is -0.727. The monoisotopic (exact) mass is 427 g/mol. The first-order valence-corrected chi connectivity index (χ1v) is 10.7. The second-order valence-corrected chi connectivity index (χ2v) is 7.77. The van der Waals surface area contributed by atoms with E-state index in [9.17, 15) is 14.4 Å². The molecule has 0 aromatic heterocycles. The van der Waals surface area contributed by atoms with Gasteiger partial charge >= 0.3 is 0 Å². The number of carbonyl (C=O) groups is 3. The minimum absolute atomic E-state index is 0.145. The van der Waals surface area contributed by atoms with E-state index in [1.165, 1.54) is 4.90 Å². The molecule has 0 radical (unpaired) electrons. The number of fused-ring (bicyclic) bond motifs is 1. The van der Waals surface area contributed by atoms with Gasteiger partial charge in [0.15, 0.2) is 0 Å². The quantitative estimate of drug-likeness (QED) is 0.417. The maximum atomic E-state index is 12.6. The SMILES string of the molecule is O=C(CCCN1C(=O)c2ccccc2C1=O)NN(Cc1ccccc1)Cc1ccccc1. The third-order valence-corrected chi connectivity index (χ3v) is 5.38. The van der Waals surface area contributed by atoms with Gasteiger partial charge in [-0.3, -0.25) is 24.7 Å². The Bertz CT molecular complexity index is 1020. The summed E-state index contributed by atoms with van der Waals surface area (Å²) in [5.41, 5.74) is 6.03. The summed E-state index contributed by atoms with van der Waals surface area (Å²) in [7, 11) is 0. The van der Waals surface area contributed by atoms with Gasteiger partial charge in [-0.05, 0) is 29.7 Å². The summed E-state index contributed by atoms with van der Waals surface area (Å²) < 4.78 is 0. The van der Waals surface area contributed by atoms with Gasteiger partial charge < -0.3 is 0 Å². The van der Waals surface area contributed by atoms with E-state index in [1.807, 2.05) is 65.7 Å². The lowest BCUT2D eigenvalue weighted by Crippen LogP contribution is -2.41.